The average Bonchev–Trinajstić information content (AvgIpc) is 3.11. The molecule has 3 rings (SSSR count). The third-order valence-electron chi connectivity index (χ3n) is 3.50. The summed E-state index contributed by atoms with van der Waals surface area (Å²) in [5.41, 5.74) is 1.56. The Morgan fingerprint density at radius 2 is 1.88 bits per heavy atom. The predicted octanol–water partition coefficient (Wildman–Crippen LogP) is 3.83. The van der Waals surface area contributed by atoms with Crippen LogP contribution in [0.2, 0.25) is 0 Å². The number of carbonyl (C=O) groups excluding carboxylic acids is 1. The number of amides is 1. The molecule has 0 atom stereocenters. The highest BCUT2D eigenvalue weighted by molar-refractivity contribution is 7.09. The summed E-state index contributed by atoms with van der Waals surface area (Å²) < 4.78 is 18.4. The van der Waals surface area contributed by atoms with Crippen molar-refractivity contribution in [2.75, 3.05) is 6.54 Å². The van der Waals surface area contributed by atoms with E-state index in [1.807, 2.05) is 30.3 Å². The van der Waals surface area contributed by atoms with E-state index in [2.05, 4.69) is 10.3 Å². The molecule has 0 unspecified atom stereocenters. The van der Waals surface area contributed by atoms with E-state index in [1.165, 1.54) is 29.0 Å². The van der Waals surface area contributed by atoms with Crippen molar-refractivity contribution in [3.05, 3.63) is 82.1 Å². The lowest BCUT2D eigenvalue weighted by Gasteiger charge is -2.04. The monoisotopic (exact) mass is 356 g/mol. The van der Waals surface area contributed by atoms with E-state index in [1.54, 1.807) is 17.5 Å². The molecule has 6 heteroatoms. The summed E-state index contributed by atoms with van der Waals surface area (Å²) in [7, 11) is 0. The zero-order valence-corrected chi connectivity index (χ0v) is 14.3. The van der Waals surface area contributed by atoms with Crippen molar-refractivity contribution < 1.29 is 13.9 Å². The van der Waals surface area contributed by atoms with E-state index in [4.69, 9.17) is 4.74 Å². The van der Waals surface area contributed by atoms with Gasteiger partial charge in [0, 0.05) is 11.9 Å². The van der Waals surface area contributed by atoms with Crippen LogP contribution in [0.15, 0.2) is 60.0 Å². The minimum absolute atomic E-state index is 0.194. The number of rotatable bonds is 7. The Labute approximate surface area is 149 Å². The van der Waals surface area contributed by atoms with E-state index in [0.717, 1.165) is 6.42 Å². The number of ether oxygens (including phenoxy) is 1. The molecule has 3 aromatic rings. The highest BCUT2D eigenvalue weighted by atomic mass is 32.1. The summed E-state index contributed by atoms with van der Waals surface area (Å²) in [5, 5.41) is 5.27. The van der Waals surface area contributed by atoms with Crippen LogP contribution in [-0.2, 0) is 13.0 Å². The summed E-state index contributed by atoms with van der Waals surface area (Å²) in [6.45, 7) is 0.801. The fourth-order valence-electron chi connectivity index (χ4n) is 2.21. The fourth-order valence-corrected chi connectivity index (χ4v) is 2.90. The number of benzene rings is 2. The molecular formula is C19H17FN2O2S. The Balaban J connectivity index is 1.47. The van der Waals surface area contributed by atoms with Crippen LogP contribution in [0.1, 0.15) is 21.1 Å². The van der Waals surface area contributed by atoms with Gasteiger partial charge < -0.3 is 10.1 Å². The zero-order chi connectivity index (χ0) is 17.5. The maximum atomic E-state index is 12.8. The molecule has 1 aromatic heterocycles. The third kappa shape index (κ3) is 5.12. The first-order chi connectivity index (χ1) is 12.2. The molecule has 25 heavy (non-hydrogen) atoms. The Bertz CT molecular complexity index is 819. The predicted molar refractivity (Wildman–Crippen MR) is 95.3 cm³/mol. The van der Waals surface area contributed by atoms with Crippen molar-refractivity contribution in [3.8, 4) is 5.75 Å². The summed E-state index contributed by atoms with van der Waals surface area (Å²) in [6.07, 6.45) is 0.775. The minimum Gasteiger partial charge on any atom is -0.486 e. The van der Waals surface area contributed by atoms with Gasteiger partial charge in [-0.3, -0.25) is 4.79 Å². The number of nitrogens with one attached hydrogen (secondary N) is 1. The van der Waals surface area contributed by atoms with E-state index >= 15 is 0 Å². The molecule has 128 valence electrons. The molecule has 1 N–H and O–H groups in total. The van der Waals surface area contributed by atoms with E-state index in [-0.39, 0.29) is 18.3 Å². The van der Waals surface area contributed by atoms with E-state index in [9.17, 15) is 9.18 Å². The van der Waals surface area contributed by atoms with Crippen LogP contribution in [0.25, 0.3) is 0 Å². The summed E-state index contributed by atoms with van der Waals surface area (Å²) in [6, 6.07) is 15.8. The maximum Gasteiger partial charge on any atom is 0.270 e. The van der Waals surface area contributed by atoms with Gasteiger partial charge in [-0.1, -0.05) is 30.3 Å². The first-order valence-electron chi connectivity index (χ1n) is 7.85. The van der Waals surface area contributed by atoms with Gasteiger partial charge in [-0.15, -0.1) is 11.3 Å². The second-order valence-corrected chi connectivity index (χ2v) is 6.30. The smallest absolute Gasteiger partial charge is 0.270 e. The van der Waals surface area contributed by atoms with Crippen molar-refractivity contribution in [1.82, 2.24) is 10.3 Å². The molecule has 0 aliphatic heterocycles. The quantitative estimate of drug-likeness (QED) is 0.700. The molecule has 0 saturated heterocycles. The number of hydrogen-bond acceptors (Lipinski definition) is 4. The molecule has 0 aliphatic carbocycles. The van der Waals surface area contributed by atoms with Crippen molar-refractivity contribution >= 4 is 17.2 Å². The number of halogens is 1. The lowest BCUT2D eigenvalue weighted by molar-refractivity contribution is 0.0949. The number of nitrogens with zero attached hydrogens (tertiary/aromatic N) is 1. The maximum absolute atomic E-state index is 12.8. The fraction of sp³-hybridized carbons (Fsp3) is 0.158. The van der Waals surface area contributed by atoms with Gasteiger partial charge in [0.05, 0.1) is 0 Å². The van der Waals surface area contributed by atoms with Crippen molar-refractivity contribution in [3.63, 3.8) is 0 Å². The van der Waals surface area contributed by atoms with Crippen LogP contribution in [0, 0.1) is 5.82 Å². The molecule has 1 amide bonds. The Morgan fingerprint density at radius 3 is 2.64 bits per heavy atom. The molecule has 0 radical (unpaired) electrons. The van der Waals surface area contributed by atoms with E-state index in [0.29, 0.717) is 23.0 Å². The van der Waals surface area contributed by atoms with Crippen LogP contribution in [0.3, 0.4) is 0 Å². The normalized spacial score (nSPS) is 10.4. The zero-order valence-electron chi connectivity index (χ0n) is 13.4. The standard InChI is InChI=1S/C19H17FN2O2S/c20-15-6-8-16(9-7-15)24-12-18-22-17(13-25-18)19(23)21-11-10-14-4-2-1-3-5-14/h1-9,13H,10-12H2,(H,21,23). The van der Waals surface area contributed by atoms with Crippen LogP contribution in [-0.4, -0.2) is 17.4 Å². The Kier molecular flexibility index (Phi) is 5.74. The van der Waals surface area contributed by atoms with Gasteiger partial charge in [0.15, 0.2) is 0 Å². The SMILES string of the molecule is O=C(NCCc1ccccc1)c1csc(COc2ccc(F)cc2)n1. The molecule has 4 nitrogen and oxygen atoms in total. The van der Waals surface area contributed by atoms with Crippen LogP contribution < -0.4 is 10.1 Å². The Morgan fingerprint density at radius 1 is 1.12 bits per heavy atom. The van der Waals surface area contributed by atoms with Gasteiger partial charge in [-0.2, -0.15) is 0 Å². The van der Waals surface area contributed by atoms with Gasteiger partial charge in [0.25, 0.3) is 5.91 Å². The largest absolute Gasteiger partial charge is 0.486 e. The second kappa shape index (κ2) is 8.39. The van der Waals surface area contributed by atoms with Crippen molar-refractivity contribution in [1.29, 1.82) is 0 Å². The van der Waals surface area contributed by atoms with Gasteiger partial charge in [0.2, 0.25) is 0 Å². The van der Waals surface area contributed by atoms with Gasteiger partial charge in [-0.25, -0.2) is 9.37 Å². The third-order valence-corrected chi connectivity index (χ3v) is 4.32. The molecule has 0 spiro atoms. The van der Waals surface area contributed by atoms with Crippen LogP contribution >= 0.6 is 11.3 Å². The lowest BCUT2D eigenvalue weighted by atomic mass is 10.1. The Hall–Kier alpha value is -2.73. The van der Waals surface area contributed by atoms with Crippen LogP contribution in [0.4, 0.5) is 4.39 Å². The van der Waals surface area contributed by atoms with Gasteiger partial charge in [-0.05, 0) is 36.2 Å². The highest BCUT2D eigenvalue weighted by Gasteiger charge is 2.10. The average molecular weight is 356 g/mol. The number of aromatic nitrogens is 1. The van der Waals surface area contributed by atoms with Crippen molar-refractivity contribution in [2.24, 2.45) is 0 Å². The van der Waals surface area contributed by atoms with Gasteiger partial charge >= 0.3 is 0 Å². The second-order valence-electron chi connectivity index (χ2n) is 5.36. The van der Waals surface area contributed by atoms with E-state index < -0.39 is 0 Å². The first kappa shape index (κ1) is 17.1. The van der Waals surface area contributed by atoms with Gasteiger partial charge in [0.1, 0.15) is 28.9 Å². The molecule has 0 aliphatic rings. The molecular weight excluding hydrogens is 339 g/mol. The molecule has 2 aromatic carbocycles. The lowest BCUT2D eigenvalue weighted by Crippen LogP contribution is -2.26. The summed E-state index contributed by atoms with van der Waals surface area (Å²) in [5.74, 6) is 0.0572. The number of carbonyl (C=O) groups is 1. The summed E-state index contributed by atoms with van der Waals surface area (Å²) >= 11 is 1.36. The number of hydrogen-bond donors (Lipinski definition) is 1. The van der Waals surface area contributed by atoms with Crippen LogP contribution in [0.5, 0.6) is 5.75 Å². The number of thiazole rings is 1. The molecule has 1 heterocycles. The first-order valence-corrected chi connectivity index (χ1v) is 8.73. The highest BCUT2D eigenvalue weighted by Crippen LogP contribution is 2.16. The minimum atomic E-state index is -0.309. The van der Waals surface area contributed by atoms with Crippen molar-refractivity contribution in [2.45, 2.75) is 13.0 Å². The molecule has 0 saturated carbocycles. The topological polar surface area (TPSA) is 51.2 Å². The molecule has 0 fully saturated rings. The molecule has 0 bridgehead atoms. The summed E-state index contributed by atoms with van der Waals surface area (Å²) in [4.78, 5) is 16.4.